The van der Waals surface area contributed by atoms with Crippen molar-refractivity contribution in [1.82, 2.24) is 4.90 Å². The van der Waals surface area contributed by atoms with Crippen LogP contribution >= 0.6 is 11.6 Å². The highest BCUT2D eigenvalue weighted by molar-refractivity contribution is 6.31. The van der Waals surface area contributed by atoms with Gasteiger partial charge in [0.25, 0.3) is 0 Å². The first-order chi connectivity index (χ1) is 13.3. The minimum atomic E-state index is -1.20. The fourth-order valence-corrected chi connectivity index (χ4v) is 3.79. The molecule has 1 aliphatic heterocycles. The van der Waals surface area contributed by atoms with Gasteiger partial charge in [-0.25, -0.2) is 4.79 Å². The van der Waals surface area contributed by atoms with Gasteiger partial charge in [-0.1, -0.05) is 36.7 Å². The molecule has 2 N–H and O–H groups in total. The van der Waals surface area contributed by atoms with Crippen molar-refractivity contribution in [2.45, 2.75) is 45.9 Å². The van der Waals surface area contributed by atoms with Crippen LogP contribution < -0.4 is 5.32 Å². The van der Waals surface area contributed by atoms with E-state index in [4.69, 9.17) is 21.4 Å². The highest BCUT2D eigenvalue weighted by Crippen LogP contribution is 2.28. The Morgan fingerprint density at radius 1 is 1.29 bits per heavy atom. The van der Waals surface area contributed by atoms with Crippen molar-refractivity contribution in [3.05, 3.63) is 63.7 Å². The van der Waals surface area contributed by atoms with E-state index < -0.39 is 6.16 Å². The van der Waals surface area contributed by atoms with E-state index in [0.717, 1.165) is 29.2 Å². The number of likely N-dealkylation sites (tertiary alicyclic amines) is 1. The summed E-state index contributed by atoms with van der Waals surface area (Å²) in [6, 6.07) is 12.9. The van der Waals surface area contributed by atoms with Crippen LogP contribution in [0.5, 0.6) is 0 Å². The Balaban J connectivity index is 1.67. The van der Waals surface area contributed by atoms with Crippen molar-refractivity contribution in [2.24, 2.45) is 0 Å². The lowest BCUT2D eigenvalue weighted by molar-refractivity contribution is -0.0363. The molecule has 28 heavy (non-hydrogen) atoms. The molecule has 0 radical (unpaired) electrons. The van der Waals surface area contributed by atoms with Crippen LogP contribution in [0.3, 0.4) is 0 Å². The van der Waals surface area contributed by atoms with Crippen molar-refractivity contribution >= 4 is 23.4 Å². The zero-order valence-corrected chi connectivity index (χ0v) is 17.3. The molecule has 2 aromatic rings. The van der Waals surface area contributed by atoms with Crippen LogP contribution in [0.15, 0.2) is 36.4 Å². The third kappa shape index (κ3) is 5.18. The number of anilines is 1. The van der Waals surface area contributed by atoms with Gasteiger partial charge < -0.3 is 15.2 Å². The summed E-state index contributed by atoms with van der Waals surface area (Å²) in [6.45, 7) is 8.36. The lowest BCUT2D eigenvalue weighted by Crippen LogP contribution is -2.52. The molecule has 1 aliphatic rings. The van der Waals surface area contributed by atoms with Crippen LogP contribution in [-0.4, -0.2) is 35.4 Å². The number of benzene rings is 2. The van der Waals surface area contributed by atoms with Gasteiger partial charge in [0.15, 0.2) is 0 Å². The van der Waals surface area contributed by atoms with Crippen LogP contribution in [-0.2, 0) is 11.3 Å². The number of ether oxygens (including phenoxy) is 1. The summed E-state index contributed by atoms with van der Waals surface area (Å²) in [5, 5.41) is 13.1. The lowest BCUT2D eigenvalue weighted by Gasteiger charge is -2.37. The first-order valence-corrected chi connectivity index (χ1v) is 9.97. The van der Waals surface area contributed by atoms with Gasteiger partial charge in [-0.2, -0.15) is 0 Å². The first-order valence-electron chi connectivity index (χ1n) is 9.59. The van der Waals surface area contributed by atoms with Crippen LogP contribution in [0, 0.1) is 13.8 Å². The van der Waals surface area contributed by atoms with Gasteiger partial charge in [0.2, 0.25) is 0 Å². The molecule has 6 heteroatoms. The summed E-state index contributed by atoms with van der Waals surface area (Å²) in [4.78, 5) is 12.8. The van der Waals surface area contributed by atoms with Crippen LogP contribution in [0.25, 0.3) is 0 Å². The topological polar surface area (TPSA) is 61.8 Å². The van der Waals surface area contributed by atoms with E-state index in [1.165, 1.54) is 16.7 Å². The molecule has 0 bridgehead atoms. The molecule has 1 saturated heterocycles. The molecule has 1 heterocycles. The van der Waals surface area contributed by atoms with Gasteiger partial charge in [-0.05, 0) is 60.7 Å². The molecule has 1 unspecified atom stereocenters. The Kier molecular flexibility index (Phi) is 6.47. The summed E-state index contributed by atoms with van der Waals surface area (Å²) in [7, 11) is 0. The monoisotopic (exact) mass is 402 g/mol. The van der Waals surface area contributed by atoms with Gasteiger partial charge in [0, 0.05) is 30.3 Å². The zero-order chi connectivity index (χ0) is 20.3. The van der Waals surface area contributed by atoms with Gasteiger partial charge in [-0.3, -0.25) is 4.90 Å². The maximum absolute atomic E-state index is 10.6. The number of hydrogen-bond donors (Lipinski definition) is 2. The quantitative estimate of drug-likeness (QED) is 0.607. The molecule has 5 nitrogen and oxygen atoms in total. The molecule has 0 amide bonds. The summed E-state index contributed by atoms with van der Waals surface area (Å²) >= 11 is 6.17. The predicted octanol–water partition coefficient (Wildman–Crippen LogP) is 5.40. The molecular weight excluding hydrogens is 376 g/mol. The first kappa shape index (κ1) is 20.5. The third-order valence-corrected chi connectivity index (χ3v) is 5.49. The summed E-state index contributed by atoms with van der Waals surface area (Å²) in [5.74, 6) is 0. The number of carboxylic acid groups (broad SMARTS) is 1. The van der Waals surface area contributed by atoms with Crippen LogP contribution in [0.4, 0.5) is 10.5 Å². The van der Waals surface area contributed by atoms with Crippen molar-refractivity contribution < 1.29 is 14.6 Å². The fraction of sp³-hybridized carbons (Fsp3) is 0.409. The Labute approximate surface area is 171 Å². The normalized spacial score (nSPS) is 15.7. The zero-order valence-electron chi connectivity index (χ0n) is 16.5. The van der Waals surface area contributed by atoms with Crippen LogP contribution in [0.2, 0.25) is 5.02 Å². The van der Waals surface area contributed by atoms with Gasteiger partial charge in [0.05, 0.1) is 6.04 Å². The Morgan fingerprint density at radius 2 is 2.04 bits per heavy atom. The van der Waals surface area contributed by atoms with Gasteiger partial charge >= 0.3 is 6.16 Å². The molecule has 2 aromatic carbocycles. The number of halogens is 1. The molecule has 0 aliphatic carbocycles. The number of hydrogen-bond acceptors (Lipinski definition) is 4. The van der Waals surface area contributed by atoms with E-state index in [2.05, 4.69) is 54.4 Å². The minimum absolute atomic E-state index is 0.211. The Hall–Kier alpha value is -2.24. The average molecular weight is 403 g/mol. The highest BCUT2D eigenvalue weighted by atomic mass is 35.5. The van der Waals surface area contributed by atoms with Gasteiger partial charge in [0.1, 0.15) is 6.10 Å². The Bertz CT molecular complexity index is 850. The summed E-state index contributed by atoms with van der Waals surface area (Å²) < 4.78 is 4.79. The molecular formula is C22H27ClN2O3. The van der Waals surface area contributed by atoms with E-state index in [0.29, 0.717) is 13.1 Å². The molecule has 0 aromatic heterocycles. The second kappa shape index (κ2) is 8.84. The SMILES string of the molecule is CCC(Nc1cc(C)cc(CN2CC(OC(=O)O)C2)c1)c1ccc(Cl)c(C)c1. The minimum Gasteiger partial charge on any atom is -0.450 e. The number of nitrogens with one attached hydrogen (secondary N) is 1. The van der Waals surface area contributed by atoms with Crippen LogP contribution in [0.1, 0.15) is 41.6 Å². The molecule has 1 atom stereocenters. The maximum Gasteiger partial charge on any atom is 0.506 e. The molecule has 0 spiro atoms. The number of nitrogens with zero attached hydrogens (tertiary/aromatic N) is 1. The smallest absolute Gasteiger partial charge is 0.450 e. The molecule has 3 rings (SSSR count). The second-order valence-corrected chi connectivity index (χ2v) is 7.93. The number of rotatable bonds is 7. The predicted molar refractivity (Wildman–Crippen MR) is 112 cm³/mol. The van der Waals surface area contributed by atoms with E-state index in [9.17, 15) is 4.79 Å². The molecule has 1 fully saturated rings. The third-order valence-electron chi connectivity index (χ3n) is 5.07. The average Bonchev–Trinajstić information content (AvgIpc) is 2.59. The van der Waals surface area contributed by atoms with E-state index >= 15 is 0 Å². The maximum atomic E-state index is 10.6. The van der Waals surface area contributed by atoms with Crippen molar-refractivity contribution in [2.75, 3.05) is 18.4 Å². The van der Waals surface area contributed by atoms with Crippen molar-refractivity contribution in [3.8, 4) is 0 Å². The largest absolute Gasteiger partial charge is 0.506 e. The highest BCUT2D eigenvalue weighted by Gasteiger charge is 2.29. The molecule has 150 valence electrons. The van der Waals surface area contributed by atoms with E-state index in [1.807, 2.05) is 13.0 Å². The molecule has 0 saturated carbocycles. The van der Waals surface area contributed by atoms with Gasteiger partial charge in [-0.15, -0.1) is 0 Å². The summed E-state index contributed by atoms with van der Waals surface area (Å²) in [5.41, 5.74) is 5.80. The summed E-state index contributed by atoms with van der Waals surface area (Å²) in [6.07, 6.45) is -0.447. The second-order valence-electron chi connectivity index (χ2n) is 7.52. The van der Waals surface area contributed by atoms with E-state index in [-0.39, 0.29) is 12.1 Å². The number of carbonyl (C=O) groups is 1. The van der Waals surface area contributed by atoms with E-state index in [1.54, 1.807) is 0 Å². The number of aryl methyl sites for hydroxylation is 2. The Morgan fingerprint density at radius 3 is 2.68 bits per heavy atom. The fourth-order valence-electron chi connectivity index (χ4n) is 3.67. The lowest BCUT2D eigenvalue weighted by atomic mass is 10.0. The standard InChI is InChI=1S/C22H27ClN2O3/c1-4-21(17-5-6-20(23)15(3)9-17)24-18-8-14(2)7-16(10-18)11-25-12-19(13-25)28-22(26)27/h5-10,19,21,24H,4,11-13H2,1-3H3,(H,26,27). The van der Waals surface area contributed by atoms with Crippen molar-refractivity contribution in [1.29, 1.82) is 0 Å². The van der Waals surface area contributed by atoms with Crippen molar-refractivity contribution in [3.63, 3.8) is 0 Å².